The molecule has 2 aromatic rings. The van der Waals surface area contributed by atoms with E-state index in [4.69, 9.17) is 9.15 Å². The van der Waals surface area contributed by atoms with E-state index < -0.39 is 0 Å². The minimum absolute atomic E-state index is 0.316. The Morgan fingerprint density at radius 1 is 1.24 bits per heavy atom. The lowest BCUT2D eigenvalue weighted by Gasteiger charge is -2.24. The Bertz CT molecular complexity index is 638. The number of nitrogens with zero attached hydrogens (tertiary/aromatic N) is 3. The summed E-state index contributed by atoms with van der Waals surface area (Å²) in [7, 11) is 0. The molecule has 3 heterocycles. The van der Waals surface area contributed by atoms with Crippen LogP contribution in [0.3, 0.4) is 0 Å². The van der Waals surface area contributed by atoms with Gasteiger partial charge in [-0.25, -0.2) is 9.97 Å². The molecular weight excluding hydrogens is 334 g/mol. The highest BCUT2D eigenvalue weighted by atomic mass is 32.2. The number of hydrogen-bond donors (Lipinski definition) is 0. The minimum atomic E-state index is 0.316. The van der Waals surface area contributed by atoms with Gasteiger partial charge in [-0.05, 0) is 38.3 Å². The van der Waals surface area contributed by atoms with E-state index in [1.807, 2.05) is 25.4 Å². The molecule has 0 N–H and O–H groups in total. The molecule has 0 radical (unpaired) electrons. The summed E-state index contributed by atoms with van der Waals surface area (Å²) in [5, 5.41) is 0.859. The van der Waals surface area contributed by atoms with Gasteiger partial charge in [0.2, 0.25) is 0 Å². The molecule has 1 fully saturated rings. The normalized spacial score (nSPS) is 17.5. The highest BCUT2D eigenvalue weighted by Crippen LogP contribution is 2.19. The van der Waals surface area contributed by atoms with Crippen molar-refractivity contribution in [1.82, 2.24) is 14.9 Å². The number of thioether (sulfide) groups is 1. The van der Waals surface area contributed by atoms with Crippen molar-refractivity contribution in [2.45, 2.75) is 57.5 Å². The predicted octanol–water partition coefficient (Wildman–Crippen LogP) is 4.06. The molecular formula is C19H27N3O2S. The van der Waals surface area contributed by atoms with Gasteiger partial charge in [0.25, 0.3) is 0 Å². The molecule has 3 rings (SSSR count). The van der Waals surface area contributed by atoms with E-state index >= 15 is 0 Å². The third kappa shape index (κ3) is 5.83. The molecule has 0 spiro atoms. The summed E-state index contributed by atoms with van der Waals surface area (Å²) in [4.78, 5) is 11.3. The Hall–Kier alpha value is -1.37. The molecule has 1 unspecified atom stereocenters. The van der Waals surface area contributed by atoms with Crippen LogP contribution in [-0.2, 0) is 17.8 Å². The summed E-state index contributed by atoms with van der Waals surface area (Å²) >= 11 is 1.71. The van der Waals surface area contributed by atoms with Crippen molar-refractivity contribution in [1.29, 1.82) is 0 Å². The van der Waals surface area contributed by atoms with Gasteiger partial charge in [-0.3, -0.25) is 4.90 Å². The zero-order valence-electron chi connectivity index (χ0n) is 15.1. The van der Waals surface area contributed by atoms with Crippen molar-refractivity contribution < 1.29 is 9.15 Å². The summed E-state index contributed by atoms with van der Waals surface area (Å²) < 4.78 is 11.6. The first-order chi connectivity index (χ1) is 12.2. The summed E-state index contributed by atoms with van der Waals surface area (Å²) in [5.74, 6) is 3.00. The van der Waals surface area contributed by atoms with Crippen molar-refractivity contribution in [2.75, 3.05) is 18.9 Å². The second-order valence-electron chi connectivity index (χ2n) is 6.54. The Morgan fingerprint density at radius 2 is 2.08 bits per heavy atom. The summed E-state index contributed by atoms with van der Waals surface area (Å²) in [5.41, 5.74) is 1.13. The number of aromatic nitrogens is 2. The lowest BCUT2D eigenvalue weighted by Crippen LogP contribution is -2.31. The van der Waals surface area contributed by atoms with Crippen molar-refractivity contribution in [3.05, 3.63) is 41.6 Å². The monoisotopic (exact) mass is 361 g/mol. The molecule has 6 heteroatoms. The van der Waals surface area contributed by atoms with Crippen LogP contribution in [0.15, 0.2) is 34.1 Å². The van der Waals surface area contributed by atoms with Gasteiger partial charge >= 0.3 is 0 Å². The van der Waals surface area contributed by atoms with Crippen molar-refractivity contribution in [3.63, 3.8) is 0 Å². The molecule has 1 saturated heterocycles. The fourth-order valence-corrected chi connectivity index (χ4v) is 3.64. The summed E-state index contributed by atoms with van der Waals surface area (Å²) in [6.07, 6.45) is 7.63. The van der Waals surface area contributed by atoms with Crippen LogP contribution in [0.2, 0.25) is 0 Å². The van der Waals surface area contributed by atoms with Gasteiger partial charge in [0.05, 0.1) is 12.6 Å². The molecule has 5 nitrogen and oxygen atoms in total. The largest absolute Gasteiger partial charge is 0.465 e. The topological polar surface area (TPSA) is 51.4 Å². The molecule has 0 saturated carbocycles. The van der Waals surface area contributed by atoms with Gasteiger partial charge in [0.1, 0.15) is 11.5 Å². The van der Waals surface area contributed by atoms with Crippen LogP contribution in [0.1, 0.15) is 43.3 Å². The quantitative estimate of drug-likeness (QED) is 0.496. The zero-order valence-corrected chi connectivity index (χ0v) is 15.9. The molecule has 0 bridgehead atoms. The van der Waals surface area contributed by atoms with Gasteiger partial charge in [-0.1, -0.05) is 18.7 Å². The Kier molecular flexibility index (Phi) is 6.90. The number of hydrogen-bond acceptors (Lipinski definition) is 6. The molecule has 25 heavy (non-hydrogen) atoms. The lowest BCUT2D eigenvalue weighted by atomic mass is 10.2. The maximum absolute atomic E-state index is 5.82. The summed E-state index contributed by atoms with van der Waals surface area (Å²) in [6, 6.07) is 4.07. The van der Waals surface area contributed by atoms with E-state index in [2.05, 4.69) is 27.9 Å². The molecule has 1 atom stereocenters. The van der Waals surface area contributed by atoms with Crippen LogP contribution >= 0.6 is 11.8 Å². The van der Waals surface area contributed by atoms with Gasteiger partial charge < -0.3 is 9.15 Å². The number of aryl methyl sites for hydroxylation is 1. The summed E-state index contributed by atoms with van der Waals surface area (Å²) in [6.45, 7) is 7.52. The Balaban J connectivity index is 1.63. The van der Waals surface area contributed by atoms with E-state index in [1.54, 1.807) is 11.8 Å². The fraction of sp³-hybridized carbons (Fsp3) is 0.579. The molecule has 2 aromatic heterocycles. The van der Waals surface area contributed by atoms with Crippen LogP contribution in [0.5, 0.6) is 0 Å². The lowest BCUT2D eigenvalue weighted by molar-refractivity contribution is 0.0653. The molecule has 0 aromatic carbocycles. The Morgan fingerprint density at radius 3 is 2.72 bits per heavy atom. The average molecular weight is 362 g/mol. The van der Waals surface area contributed by atoms with Gasteiger partial charge in [0.15, 0.2) is 5.16 Å². The number of furan rings is 1. The molecule has 0 aliphatic carbocycles. The highest BCUT2D eigenvalue weighted by molar-refractivity contribution is 7.99. The second kappa shape index (κ2) is 9.36. The van der Waals surface area contributed by atoms with E-state index in [1.165, 1.54) is 0 Å². The van der Waals surface area contributed by atoms with Crippen LogP contribution in [-0.4, -0.2) is 39.9 Å². The maximum Gasteiger partial charge on any atom is 0.187 e. The predicted molar refractivity (Wildman–Crippen MR) is 99.6 cm³/mol. The highest BCUT2D eigenvalue weighted by Gasteiger charge is 2.20. The first-order valence-corrected chi connectivity index (χ1v) is 10.0. The van der Waals surface area contributed by atoms with Gasteiger partial charge in [0, 0.05) is 43.4 Å². The minimum Gasteiger partial charge on any atom is -0.465 e. The van der Waals surface area contributed by atoms with E-state index in [9.17, 15) is 0 Å². The van der Waals surface area contributed by atoms with Gasteiger partial charge in [-0.15, -0.1) is 0 Å². The van der Waals surface area contributed by atoms with Gasteiger partial charge in [-0.2, -0.15) is 0 Å². The molecule has 1 aliphatic rings. The SMILES string of the molecule is CCCSc1ncc(CN(Cc2ccc(C)o2)CC2CCCO2)cn1. The van der Waals surface area contributed by atoms with E-state index in [-0.39, 0.29) is 0 Å². The van der Waals surface area contributed by atoms with Crippen LogP contribution in [0.25, 0.3) is 0 Å². The van der Waals surface area contributed by atoms with E-state index in [0.29, 0.717) is 6.10 Å². The molecule has 1 aliphatic heterocycles. The maximum atomic E-state index is 5.82. The number of ether oxygens (including phenoxy) is 1. The van der Waals surface area contributed by atoms with Crippen LogP contribution in [0.4, 0.5) is 0 Å². The van der Waals surface area contributed by atoms with Crippen LogP contribution < -0.4 is 0 Å². The third-order valence-corrected chi connectivity index (χ3v) is 5.27. The van der Waals surface area contributed by atoms with Crippen molar-refractivity contribution in [3.8, 4) is 0 Å². The van der Waals surface area contributed by atoms with Crippen molar-refractivity contribution >= 4 is 11.8 Å². The van der Waals surface area contributed by atoms with Crippen molar-refractivity contribution in [2.24, 2.45) is 0 Å². The molecule has 0 amide bonds. The third-order valence-electron chi connectivity index (χ3n) is 4.18. The fourth-order valence-electron chi connectivity index (χ4n) is 3.00. The Labute approximate surface area is 154 Å². The number of rotatable bonds is 9. The van der Waals surface area contributed by atoms with E-state index in [0.717, 1.165) is 73.5 Å². The molecule has 136 valence electrons. The first-order valence-electron chi connectivity index (χ1n) is 9.06. The average Bonchev–Trinajstić information content (AvgIpc) is 3.26. The standard InChI is InChI=1S/C19H27N3O2S/c1-3-9-25-19-20-10-16(11-21-19)12-22(13-17-5-4-8-23-17)14-18-7-6-15(2)24-18/h6-7,10-11,17H,3-5,8-9,12-14H2,1-2H3. The first kappa shape index (κ1) is 18.4. The van der Waals surface area contributed by atoms with Crippen LogP contribution in [0, 0.1) is 6.92 Å². The second-order valence-corrected chi connectivity index (χ2v) is 7.60. The zero-order chi connectivity index (χ0) is 17.5. The smallest absolute Gasteiger partial charge is 0.187 e.